The van der Waals surface area contributed by atoms with Gasteiger partial charge in [0.2, 0.25) is 5.91 Å². The topological polar surface area (TPSA) is 61.4 Å². The molecule has 0 aromatic heterocycles. The summed E-state index contributed by atoms with van der Waals surface area (Å²) in [5.41, 5.74) is 0.432. The predicted molar refractivity (Wildman–Crippen MR) is 78.9 cm³/mol. The van der Waals surface area contributed by atoms with E-state index >= 15 is 0 Å². The van der Waals surface area contributed by atoms with Gasteiger partial charge < -0.3 is 15.7 Å². The Hall–Kier alpha value is -0.810. The molecule has 0 aliphatic heterocycles. The Bertz CT molecular complexity index is 405. The molecular formula is C13H18Cl2N2O2. The number of aliphatic hydroxyl groups excluding tert-OH is 1. The molecule has 1 aromatic rings. The number of carbonyl (C=O) groups is 1. The van der Waals surface area contributed by atoms with Crippen LogP contribution in [0.15, 0.2) is 18.2 Å². The Morgan fingerprint density at radius 1 is 1.37 bits per heavy atom. The van der Waals surface area contributed by atoms with Crippen molar-refractivity contribution in [1.82, 2.24) is 5.32 Å². The Morgan fingerprint density at radius 3 is 2.58 bits per heavy atom. The molecule has 0 heterocycles. The van der Waals surface area contributed by atoms with Gasteiger partial charge >= 0.3 is 0 Å². The maximum absolute atomic E-state index is 11.7. The summed E-state index contributed by atoms with van der Waals surface area (Å²) in [6, 6.07) is 5.05. The zero-order valence-electron chi connectivity index (χ0n) is 10.7. The molecule has 6 heteroatoms. The largest absolute Gasteiger partial charge is 0.393 e. The summed E-state index contributed by atoms with van der Waals surface area (Å²) in [5, 5.41) is 15.6. The van der Waals surface area contributed by atoms with Gasteiger partial charge in [0.05, 0.1) is 28.4 Å². The highest BCUT2D eigenvalue weighted by molar-refractivity contribution is 6.39. The van der Waals surface area contributed by atoms with Gasteiger partial charge in [-0.1, -0.05) is 29.3 Å². The summed E-state index contributed by atoms with van der Waals surface area (Å²) < 4.78 is 0. The molecule has 0 fully saturated rings. The van der Waals surface area contributed by atoms with E-state index in [9.17, 15) is 4.79 Å². The highest BCUT2D eigenvalue weighted by Gasteiger charge is 2.08. The standard InChI is InChI=1S/C13H18Cl2N2O2/c1-9(18)4-3-7-16-8-12(19)17-13-10(14)5-2-6-11(13)15/h2,5-6,9,16,18H,3-4,7-8H2,1H3,(H,17,19). The molecule has 1 amide bonds. The first-order chi connectivity index (χ1) is 9.00. The van der Waals surface area contributed by atoms with E-state index in [1.54, 1.807) is 25.1 Å². The maximum Gasteiger partial charge on any atom is 0.238 e. The lowest BCUT2D eigenvalue weighted by atomic mass is 10.2. The van der Waals surface area contributed by atoms with Crippen LogP contribution in [0.4, 0.5) is 5.69 Å². The van der Waals surface area contributed by atoms with Crippen LogP contribution in [-0.4, -0.2) is 30.2 Å². The summed E-state index contributed by atoms with van der Waals surface area (Å²) in [6.07, 6.45) is 1.22. The van der Waals surface area contributed by atoms with Crippen molar-refractivity contribution in [3.05, 3.63) is 28.2 Å². The van der Waals surface area contributed by atoms with Crippen LogP contribution in [0.3, 0.4) is 0 Å². The predicted octanol–water partition coefficient (Wildman–Crippen LogP) is 2.68. The average Bonchev–Trinajstić information content (AvgIpc) is 2.33. The molecule has 1 unspecified atom stereocenters. The van der Waals surface area contributed by atoms with Gasteiger partial charge in [-0.05, 0) is 38.4 Å². The minimum Gasteiger partial charge on any atom is -0.393 e. The number of nitrogens with one attached hydrogen (secondary N) is 2. The van der Waals surface area contributed by atoms with Crippen molar-refractivity contribution >= 4 is 34.8 Å². The van der Waals surface area contributed by atoms with Crippen LogP contribution in [0, 0.1) is 0 Å². The lowest BCUT2D eigenvalue weighted by Gasteiger charge is -2.10. The number of benzene rings is 1. The van der Waals surface area contributed by atoms with E-state index < -0.39 is 0 Å². The Morgan fingerprint density at radius 2 is 2.00 bits per heavy atom. The fraction of sp³-hybridized carbons (Fsp3) is 0.462. The van der Waals surface area contributed by atoms with Crippen molar-refractivity contribution in [2.75, 3.05) is 18.4 Å². The van der Waals surface area contributed by atoms with Crippen molar-refractivity contribution in [3.63, 3.8) is 0 Å². The molecule has 1 aromatic carbocycles. The number of para-hydroxylation sites is 1. The molecule has 0 aliphatic rings. The minimum absolute atomic E-state index is 0.182. The average molecular weight is 305 g/mol. The SMILES string of the molecule is CC(O)CCCNCC(=O)Nc1c(Cl)cccc1Cl. The van der Waals surface area contributed by atoms with Crippen molar-refractivity contribution in [1.29, 1.82) is 0 Å². The highest BCUT2D eigenvalue weighted by Crippen LogP contribution is 2.29. The molecule has 0 saturated heterocycles. The highest BCUT2D eigenvalue weighted by atomic mass is 35.5. The van der Waals surface area contributed by atoms with Crippen LogP contribution in [0.1, 0.15) is 19.8 Å². The number of amides is 1. The molecule has 1 atom stereocenters. The molecule has 106 valence electrons. The number of rotatable bonds is 7. The van der Waals surface area contributed by atoms with Gasteiger partial charge in [-0.2, -0.15) is 0 Å². The molecule has 19 heavy (non-hydrogen) atoms. The van der Waals surface area contributed by atoms with Crippen LogP contribution < -0.4 is 10.6 Å². The van der Waals surface area contributed by atoms with E-state index in [1.165, 1.54) is 0 Å². The molecule has 0 bridgehead atoms. The van der Waals surface area contributed by atoms with E-state index in [-0.39, 0.29) is 18.6 Å². The number of anilines is 1. The van der Waals surface area contributed by atoms with E-state index in [1.807, 2.05) is 0 Å². The van der Waals surface area contributed by atoms with Gasteiger partial charge in [0.25, 0.3) is 0 Å². The lowest BCUT2D eigenvalue weighted by molar-refractivity contribution is -0.115. The van der Waals surface area contributed by atoms with E-state index in [4.69, 9.17) is 28.3 Å². The van der Waals surface area contributed by atoms with Crippen molar-refractivity contribution in [2.45, 2.75) is 25.9 Å². The Labute approximate surface area is 123 Å². The third-order valence-electron chi connectivity index (χ3n) is 2.49. The fourth-order valence-corrected chi connectivity index (χ4v) is 2.02. The van der Waals surface area contributed by atoms with Crippen LogP contribution in [0.5, 0.6) is 0 Å². The molecule has 1 rings (SSSR count). The third kappa shape index (κ3) is 6.25. The zero-order chi connectivity index (χ0) is 14.3. The van der Waals surface area contributed by atoms with Gasteiger partial charge in [-0.15, -0.1) is 0 Å². The first-order valence-corrected chi connectivity index (χ1v) is 6.89. The van der Waals surface area contributed by atoms with Crippen molar-refractivity contribution in [2.24, 2.45) is 0 Å². The van der Waals surface area contributed by atoms with Crippen LogP contribution >= 0.6 is 23.2 Å². The second kappa shape index (κ2) is 8.38. The van der Waals surface area contributed by atoms with E-state index in [0.717, 1.165) is 6.42 Å². The Kier molecular flexibility index (Phi) is 7.16. The van der Waals surface area contributed by atoms with Crippen LogP contribution in [0.2, 0.25) is 10.0 Å². The second-order valence-corrected chi connectivity index (χ2v) is 5.13. The first-order valence-electron chi connectivity index (χ1n) is 6.13. The first kappa shape index (κ1) is 16.2. The molecule has 0 spiro atoms. The maximum atomic E-state index is 11.7. The molecule has 0 radical (unpaired) electrons. The van der Waals surface area contributed by atoms with Gasteiger partial charge in [-0.25, -0.2) is 0 Å². The monoisotopic (exact) mass is 304 g/mol. The molecule has 4 nitrogen and oxygen atoms in total. The zero-order valence-corrected chi connectivity index (χ0v) is 12.3. The van der Waals surface area contributed by atoms with Crippen LogP contribution in [-0.2, 0) is 4.79 Å². The summed E-state index contributed by atoms with van der Waals surface area (Å²) in [6.45, 7) is 2.60. The minimum atomic E-state index is -0.308. The van der Waals surface area contributed by atoms with Gasteiger partial charge in [-0.3, -0.25) is 4.79 Å². The van der Waals surface area contributed by atoms with Crippen molar-refractivity contribution < 1.29 is 9.90 Å². The summed E-state index contributed by atoms with van der Waals surface area (Å²) >= 11 is 11.9. The molecule has 0 aliphatic carbocycles. The van der Waals surface area contributed by atoms with Gasteiger partial charge in [0.15, 0.2) is 0 Å². The number of hydrogen-bond donors (Lipinski definition) is 3. The van der Waals surface area contributed by atoms with E-state index in [2.05, 4.69) is 10.6 Å². The van der Waals surface area contributed by atoms with Crippen LogP contribution in [0.25, 0.3) is 0 Å². The number of aliphatic hydroxyl groups is 1. The molecular weight excluding hydrogens is 287 g/mol. The molecule has 0 saturated carbocycles. The quantitative estimate of drug-likeness (QED) is 0.679. The summed E-state index contributed by atoms with van der Waals surface area (Å²) in [7, 11) is 0. The van der Waals surface area contributed by atoms with Gasteiger partial charge in [0.1, 0.15) is 0 Å². The van der Waals surface area contributed by atoms with E-state index in [0.29, 0.717) is 28.7 Å². The lowest BCUT2D eigenvalue weighted by Crippen LogP contribution is -2.29. The number of hydrogen-bond acceptors (Lipinski definition) is 3. The normalized spacial score (nSPS) is 12.2. The fourth-order valence-electron chi connectivity index (χ4n) is 1.53. The summed E-state index contributed by atoms with van der Waals surface area (Å²) in [5.74, 6) is -0.202. The summed E-state index contributed by atoms with van der Waals surface area (Å²) in [4.78, 5) is 11.7. The molecule has 3 N–H and O–H groups in total. The number of carbonyl (C=O) groups excluding carboxylic acids is 1. The van der Waals surface area contributed by atoms with Gasteiger partial charge in [0, 0.05) is 0 Å². The smallest absolute Gasteiger partial charge is 0.238 e. The Balaban J connectivity index is 2.32. The van der Waals surface area contributed by atoms with Crippen molar-refractivity contribution in [3.8, 4) is 0 Å². The third-order valence-corrected chi connectivity index (χ3v) is 3.12. The number of halogens is 2. The second-order valence-electron chi connectivity index (χ2n) is 4.31.